The second-order valence-corrected chi connectivity index (χ2v) is 8.64. The van der Waals surface area contributed by atoms with Crippen LogP contribution in [0.1, 0.15) is 63.8 Å². The molecule has 0 radical (unpaired) electrons. The van der Waals surface area contributed by atoms with Crippen LogP contribution in [0.4, 0.5) is 5.69 Å². The molecule has 1 N–H and O–H groups in total. The van der Waals surface area contributed by atoms with Crippen molar-refractivity contribution in [2.24, 2.45) is 17.8 Å². The molecule has 0 spiro atoms. The fourth-order valence-corrected chi connectivity index (χ4v) is 6.08. The molecule has 3 nitrogen and oxygen atoms in total. The highest BCUT2D eigenvalue weighted by molar-refractivity contribution is 5.89. The SMILES string of the molecule is COC(=O)c1ccc([C@@H]2Nc3c(ccc(C)c3C)[C@H]3[C@H]4CC[C@@H](C4)[C@H]32)cc1. The predicted octanol–water partition coefficient (Wildman–Crippen LogP) is 5.39. The Kier molecular flexibility index (Phi) is 3.82. The first kappa shape index (κ1) is 16.9. The molecule has 2 aromatic rings. The molecule has 1 heterocycles. The van der Waals surface area contributed by atoms with E-state index >= 15 is 0 Å². The molecular formula is C24H27NO2. The molecular weight excluding hydrogens is 334 g/mol. The maximum atomic E-state index is 11.8. The number of hydrogen-bond acceptors (Lipinski definition) is 3. The van der Waals surface area contributed by atoms with Crippen LogP contribution in [0.15, 0.2) is 36.4 Å². The molecule has 2 saturated carbocycles. The lowest BCUT2D eigenvalue weighted by Crippen LogP contribution is -2.36. The van der Waals surface area contributed by atoms with Crippen molar-refractivity contribution >= 4 is 11.7 Å². The molecule has 2 aliphatic carbocycles. The van der Waals surface area contributed by atoms with E-state index in [9.17, 15) is 4.79 Å². The fourth-order valence-electron chi connectivity index (χ4n) is 6.08. The minimum Gasteiger partial charge on any atom is -0.465 e. The molecule has 5 rings (SSSR count). The molecule has 3 heteroatoms. The molecule has 0 unspecified atom stereocenters. The van der Waals surface area contributed by atoms with Gasteiger partial charge in [-0.25, -0.2) is 4.79 Å². The molecule has 27 heavy (non-hydrogen) atoms. The Morgan fingerprint density at radius 2 is 1.78 bits per heavy atom. The number of anilines is 1. The van der Waals surface area contributed by atoms with Crippen molar-refractivity contribution in [1.82, 2.24) is 0 Å². The molecule has 2 bridgehead atoms. The van der Waals surface area contributed by atoms with Crippen molar-refractivity contribution < 1.29 is 9.53 Å². The monoisotopic (exact) mass is 361 g/mol. The van der Waals surface area contributed by atoms with Crippen molar-refractivity contribution in [3.05, 3.63) is 64.2 Å². The number of nitrogens with one attached hydrogen (secondary N) is 1. The summed E-state index contributed by atoms with van der Waals surface area (Å²) in [6.07, 6.45) is 4.12. The number of hydrogen-bond donors (Lipinski definition) is 1. The summed E-state index contributed by atoms with van der Waals surface area (Å²) >= 11 is 0. The summed E-state index contributed by atoms with van der Waals surface area (Å²) in [4.78, 5) is 11.8. The topological polar surface area (TPSA) is 38.3 Å². The van der Waals surface area contributed by atoms with E-state index in [4.69, 9.17) is 4.74 Å². The fraction of sp³-hybridized carbons (Fsp3) is 0.458. The summed E-state index contributed by atoms with van der Waals surface area (Å²) < 4.78 is 4.85. The van der Waals surface area contributed by atoms with E-state index in [1.165, 1.54) is 54.3 Å². The highest BCUT2D eigenvalue weighted by Gasteiger charge is 2.53. The normalized spacial score (nSPS) is 30.4. The van der Waals surface area contributed by atoms with Gasteiger partial charge in [-0.3, -0.25) is 0 Å². The quantitative estimate of drug-likeness (QED) is 0.729. The maximum Gasteiger partial charge on any atom is 0.337 e. The van der Waals surface area contributed by atoms with Gasteiger partial charge in [0.05, 0.1) is 18.7 Å². The average Bonchev–Trinajstić information content (AvgIpc) is 3.32. The first-order valence-electron chi connectivity index (χ1n) is 10.1. The summed E-state index contributed by atoms with van der Waals surface area (Å²) in [5.41, 5.74) is 7.53. The van der Waals surface area contributed by atoms with Crippen LogP contribution in [0.5, 0.6) is 0 Å². The van der Waals surface area contributed by atoms with Crippen LogP contribution in [0.25, 0.3) is 0 Å². The van der Waals surface area contributed by atoms with E-state index in [2.05, 4.69) is 43.4 Å². The molecule has 140 valence electrons. The third kappa shape index (κ3) is 2.44. The van der Waals surface area contributed by atoms with Crippen LogP contribution < -0.4 is 5.32 Å². The highest BCUT2D eigenvalue weighted by Crippen LogP contribution is 2.64. The van der Waals surface area contributed by atoms with Crippen molar-refractivity contribution in [3.63, 3.8) is 0 Å². The third-order valence-corrected chi connectivity index (χ3v) is 7.48. The minimum atomic E-state index is -0.271. The Morgan fingerprint density at radius 3 is 2.52 bits per heavy atom. The summed E-state index contributed by atoms with van der Waals surface area (Å²) in [5, 5.41) is 3.93. The van der Waals surface area contributed by atoms with E-state index in [0.29, 0.717) is 23.4 Å². The number of carbonyl (C=O) groups excluding carboxylic acids is 1. The first-order chi connectivity index (χ1) is 13.1. The van der Waals surface area contributed by atoms with E-state index in [-0.39, 0.29) is 5.97 Å². The largest absolute Gasteiger partial charge is 0.465 e. The van der Waals surface area contributed by atoms with Gasteiger partial charge in [0.15, 0.2) is 0 Å². The van der Waals surface area contributed by atoms with E-state index in [0.717, 1.165) is 11.8 Å². The molecule has 2 fully saturated rings. The second kappa shape index (κ2) is 6.12. The van der Waals surface area contributed by atoms with E-state index in [1.807, 2.05) is 12.1 Å². The summed E-state index contributed by atoms with van der Waals surface area (Å²) in [6.45, 7) is 4.44. The number of carbonyl (C=O) groups is 1. The van der Waals surface area contributed by atoms with Crippen LogP contribution >= 0.6 is 0 Å². The lowest BCUT2D eigenvalue weighted by Gasteiger charge is -2.44. The van der Waals surface area contributed by atoms with Gasteiger partial charge in [-0.2, -0.15) is 0 Å². The Hall–Kier alpha value is -2.29. The van der Waals surface area contributed by atoms with Crippen LogP contribution in [0.3, 0.4) is 0 Å². The molecule has 0 aromatic heterocycles. The summed E-state index contributed by atoms with van der Waals surface area (Å²) in [7, 11) is 1.43. The molecule has 1 aliphatic heterocycles. The Bertz CT molecular complexity index is 901. The molecule has 0 saturated heterocycles. The zero-order chi connectivity index (χ0) is 18.7. The van der Waals surface area contributed by atoms with Crippen molar-refractivity contribution in [3.8, 4) is 0 Å². The molecule has 5 atom stereocenters. The number of methoxy groups -OCH3 is 1. The van der Waals surface area contributed by atoms with Gasteiger partial charge < -0.3 is 10.1 Å². The first-order valence-corrected chi connectivity index (χ1v) is 10.1. The average molecular weight is 361 g/mol. The number of fused-ring (bicyclic) bond motifs is 7. The number of aryl methyl sites for hydroxylation is 1. The van der Waals surface area contributed by atoms with Gasteiger partial charge in [-0.05, 0) is 91.2 Å². The van der Waals surface area contributed by atoms with Crippen molar-refractivity contribution in [2.75, 3.05) is 12.4 Å². The van der Waals surface area contributed by atoms with Gasteiger partial charge in [0.2, 0.25) is 0 Å². The standard InChI is InChI=1S/C24H27NO2/c1-13-4-11-19-20-17-9-10-18(12-17)21(20)23(25-22(19)14(13)2)15-5-7-16(8-6-15)24(26)27-3/h4-8,11,17-18,20-21,23,25H,9-10,12H2,1-3H3/t17-,18-,20+,21+,23-/m0/s1. The molecule has 2 aromatic carbocycles. The maximum absolute atomic E-state index is 11.8. The van der Waals surface area contributed by atoms with Crippen LogP contribution in [-0.2, 0) is 4.74 Å². The van der Waals surface area contributed by atoms with Gasteiger partial charge in [0.1, 0.15) is 0 Å². The van der Waals surface area contributed by atoms with Gasteiger partial charge in [-0.1, -0.05) is 24.3 Å². The van der Waals surface area contributed by atoms with Gasteiger partial charge in [0.25, 0.3) is 0 Å². The van der Waals surface area contributed by atoms with E-state index in [1.54, 1.807) is 0 Å². The highest BCUT2D eigenvalue weighted by atomic mass is 16.5. The van der Waals surface area contributed by atoms with Crippen LogP contribution in [0.2, 0.25) is 0 Å². The van der Waals surface area contributed by atoms with Crippen LogP contribution in [0, 0.1) is 31.6 Å². The number of ether oxygens (including phenoxy) is 1. The number of esters is 1. The molecule has 0 amide bonds. The van der Waals surface area contributed by atoms with Crippen molar-refractivity contribution in [1.29, 1.82) is 0 Å². The van der Waals surface area contributed by atoms with Gasteiger partial charge >= 0.3 is 5.97 Å². The Morgan fingerprint density at radius 1 is 1.04 bits per heavy atom. The summed E-state index contributed by atoms with van der Waals surface area (Å²) in [6, 6.07) is 13.0. The smallest absolute Gasteiger partial charge is 0.337 e. The number of benzene rings is 2. The Balaban J connectivity index is 1.58. The molecule has 3 aliphatic rings. The van der Waals surface area contributed by atoms with Crippen molar-refractivity contribution in [2.45, 2.75) is 45.1 Å². The van der Waals surface area contributed by atoms with Crippen LogP contribution in [-0.4, -0.2) is 13.1 Å². The zero-order valence-electron chi connectivity index (χ0n) is 16.3. The lowest BCUT2D eigenvalue weighted by atomic mass is 9.67. The lowest BCUT2D eigenvalue weighted by molar-refractivity contribution is 0.0600. The third-order valence-electron chi connectivity index (χ3n) is 7.48. The van der Waals surface area contributed by atoms with E-state index < -0.39 is 0 Å². The zero-order valence-corrected chi connectivity index (χ0v) is 16.3. The predicted molar refractivity (Wildman–Crippen MR) is 107 cm³/mol. The van der Waals surface area contributed by atoms with Gasteiger partial charge in [-0.15, -0.1) is 0 Å². The minimum absolute atomic E-state index is 0.271. The summed E-state index contributed by atoms with van der Waals surface area (Å²) in [5.74, 6) is 2.70. The Labute approximate surface area is 161 Å². The number of rotatable bonds is 2. The second-order valence-electron chi connectivity index (χ2n) is 8.64. The van der Waals surface area contributed by atoms with Gasteiger partial charge in [0, 0.05) is 5.69 Å².